The predicted molar refractivity (Wildman–Crippen MR) is 83.3 cm³/mol. The first-order chi connectivity index (χ1) is 10.0. The molecule has 0 radical (unpaired) electrons. The maximum absolute atomic E-state index is 12.7. The molecule has 0 unspecified atom stereocenters. The van der Waals surface area contributed by atoms with Crippen LogP contribution < -0.4 is 9.47 Å². The molecule has 21 heavy (non-hydrogen) atoms. The molecule has 1 aliphatic heterocycles. The van der Waals surface area contributed by atoms with Crippen LogP contribution in [0.25, 0.3) is 0 Å². The third-order valence-corrected chi connectivity index (χ3v) is 3.84. The molecule has 0 bridgehead atoms. The van der Waals surface area contributed by atoms with E-state index in [1.54, 1.807) is 12.1 Å². The Kier molecular flexibility index (Phi) is 5.34. The largest absolute Gasteiger partial charge is 0.454 e. The van der Waals surface area contributed by atoms with Crippen molar-refractivity contribution in [2.45, 2.75) is 46.1 Å². The standard InChI is InChI=1S/C16H22ClNO3/c1-4-5-6-7-18(11(2)3)16(19)12-8-13(17)15-14(9-12)20-10-21-15/h8-9,11H,4-7,10H2,1-3H3. The summed E-state index contributed by atoms with van der Waals surface area (Å²) in [6.45, 7) is 7.11. The summed E-state index contributed by atoms with van der Waals surface area (Å²) in [4.78, 5) is 14.6. The number of hydrogen-bond acceptors (Lipinski definition) is 3. The lowest BCUT2D eigenvalue weighted by Crippen LogP contribution is -2.37. The Bertz CT molecular complexity index is 516. The highest BCUT2D eigenvalue weighted by Crippen LogP contribution is 2.40. The van der Waals surface area contributed by atoms with Crippen LogP contribution in [0.2, 0.25) is 5.02 Å². The fourth-order valence-electron chi connectivity index (χ4n) is 2.38. The van der Waals surface area contributed by atoms with Gasteiger partial charge in [-0.15, -0.1) is 0 Å². The molecule has 1 aromatic carbocycles. The van der Waals surface area contributed by atoms with Crippen LogP contribution in [0.15, 0.2) is 12.1 Å². The average molecular weight is 312 g/mol. The number of unbranched alkanes of at least 4 members (excludes halogenated alkanes) is 2. The maximum atomic E-state index is 12.7. The van der Waals surface area contributed by atoms with E-state index in [2.05, 4.69) is 6.92 Å². The molecule has 4 nitrogen and oxygen atoms in total. The van der Waals surface area contributed by atoms with Gasteiger partial charge >= 0.3 is 0 Å². The smallest absolute Gasteiger partial charge is 0.254 e. The summed E-state index contributed by atoms with van der Waals surface area (Å²) >= 11 is 6.15. The third kappa shape index (κ3) is 3.62. The molecule has 2 rings (SSSR count). The molecule has 0 aliphatic carbocycles. The second-order valence-corrected chi connectivity index (χ2v) is 5.90. The van der Waals surface area contributed by atoms with Crippen molar-refractivity contribution in [2.75, 3.05) is 13.3 Å². The van der Waals surface area contributed by atoms with Gasteiger partial charge in [-0.2, -0.15) is 0 Å². The number of amides is 1. The molecule has 0 fully saturated rings. The number of benzene rings is 1. The van der Waals surface area contributed by atoms with Crippen LogP contribution in [-0.4, -0.2) is 30.2 Å². The SMILES string of the molecule is CCCCCN(C(=O)c1cc(Cl)c2c(c1)OCO2)C(C)C. The van der Waals surface area contributed by atoms with Gasteiger partial charge in [0, 0.05) is 18.2 Å². The Hall–Kier alpha value is -1.42. The van der Waals surface area contributed by atoms with E-state index in [0.717, 1.165) is 25.8 Å². The Labute approximate surface area is 131 Å². The monoisotopic (exact) mass is 311 g/mol. The van der Waals surface area contributed by atoms with Crippen LogP contribution in [0.3, 0.4) is 0 Å². The minimum Gasteiger partial charge on any atom is -0.454 e. The fraction of sp³-hybridized carbons (Fsp3) is 0.562. The fourth-order valence-corrected chi connectivity index (χ4v) is 2.65. The Balaban J connectivity index is 2.18. The normalized spacial score (nSPS) is 12.8. The molecule has 1 aromatic rings. The molecule has 5 heteroatoms. The van der Waals surface area contributed by atoms with Gasteiger partial charge < -0.3 is 14.4 Å². The molecule has 0 N–H and O–H groups in total. The third-order valence-electron chi connectivity index (χ3n) is 3.56. The van der Waals surface area contributed by atoms with Crippen LogP contribution >= 0.6 is 11.6 Å². The zero-order valence-corrected chi connectivity index (χ0v) is 13.6. The first-order valence-corrected chi connectivity index (χ1v) is 7.82. The summed E-state index contributed by atoms with van der Waals surface area (Å²) in [5, 5.41) is 0.422. The number of hydrogen-bond donors (Lipinski definition) is 0. The van der Waals surface area contributed by atoms with Crippen molar-refractivity contribution in [3.63, 3.8) is 0 Å². The number of rotatable bonds is 6. The molecule has 1 aliphatic rings. The topological polar surface area (TPSA) is 38.8 Å². The second kappa shape index (κ2) is 7.03. The summed E-state index contributed by atoms with van der Waals surface area (Å²) in [5.74, 6) is 1.06. The van der Waals surface area contributed by atoms with E-state index in [1.165, 1.54) is 0 Å². The molecule has 1 heterocycles. The van der Waals surface area contributed by atoms with Gasteiger partial charge in [-0.05, 0) is 32.4 Å². The number of carbonyl (C=O) groups excluding carboxylic acids is 1. The molecule has 0 spiro atoms. The highest BCUT2D eigenvalue weighted by molar-refractivity contribution is 6.32. The van der Waals surface area contributed by atoms with Gasteiger partial charge in [0.25, 0.3) is 5.91 Å². The molecule has 0 aromatic heterocycles. The van der Waals surface area contributed by atoms with Crippen molar-refractivity contribution in [2.24, 2.45) is 0 Å². The van der Waals surface area contributed by atoms with Crippen molar-refractivity contribution in [3.8, 4) is 11.5 Å². The first-order valence-electron chi connectivity index (χ1n) is 7.44. The van der Waals surface area contributed by atoms with Crippen molar-refractivity contribution in [1.29, 1.82) is 0 Å². The lowest BCUT2D eigenvalue weighted by Gasteiger charge is -2.27. The van der Waals surface area contributed by atoms with E-state index in [4.69, 9.17) is 21.1 Å². The summed E-state index contributed by atoms with van der Waals surface area (Å²) in [7, 11) is 0. The van der Waals surface area contributed by atoms with Crippen molar-refractivity contribution < 1.29 is 14.3 Å². The molecule has 0 atom stereocenters. The summed E-state index contributed by atoms with van der Waals surface area (Å²) in [5.41, 5.74) is 0.550. The molecule has 116 valence electrons. The molecular formula is C16H22ClNO3. The Morgan fingerprint density at radius 3 is 2.76 bits per heavy atom. The van der Waals surface area contributed by atoms with Gasteiger partial charge in [0.2, 0.25) is 6.79 Å². The highest BCUT2D eigenvalue weighted by atomic mass is 35.5. The molecule has 0 saturated heterocycles. The van der Waals surface area contributed by atoms with Crippen molar-refractivity contribution in [3.05, 3.63) is 22.7 Å². The van der Waals surface area contributed by atoms with E-state index in [9.17, 15) is 4.79 Å². The Morgan fingerprint density at radius 1 is 1.33 bits per heavy atom. The predicted octanol–water partition coefficient (Wildman–Crippen LogP) is 4.11. The summed E-state index contributed by atoms with van der Waals surface area (Å²) < 4.78 is 10.6. The van der Waals surface area contributed by atoms with E-state index >= 15 is 0 Å². The highest BCUT2D eigenvalue weighted by Gasteiger charge is 2.24. The summed E-state index contributed by atoms with van der Waals surface area (Å²) in [6.07, 6.45) is 3.27. The van der Waals surface area contributed by atoms with Gasteiger partial charge in [-0.25, -0.2) is 0 Å². The zero-order chi connectivity index (χ0) is 15.4. The number of fused-ring (bicyclic) bond motifs is 1. The Morgan fingerprint density at radius 2 is 2.10 bits per heavy atom. The van der Waals surface area contributed by atoms with Crippen LogP contribution in [0.4, 0.5) is 0 Å². The number of carbonyl (C=O) groups is 1. The lowest BCUT2D eigenvalue weighted by molar-refractivity contribution is 0.0702. The minimum atomic E-state index is -0.0127. The summed E-state index contributed by atoms with van der Waals surface area (Å²) in [6, 6.07) is 3.52. The van der Waals surface area contributed by atoms with Crippen LogP contribution in [0.5, 0.6) is 11.5 Å². The van der Waals surface area contributed by atoms with E-state index in [0.29, 0.717) is 22.1 Å². The van der Waals surface area contributed by atoms with Gasteiger partial charge in [-0.3, -0.25) is 4.79 Å². The van der Waals surface area contributed by atoms with Crippen LogP contribution in [-0.2, 0) is 0 Å². The minimum absolute atomic E-state index is 0.0127. The van der Waals surface area contributed by atoms with E-state index in [-0.39, 0.29) is 18.7 Å². The number of halogens is 1. The van der Waals surface area contributed by atoms with Crippen LogP contribution in [0.1, 0.15) is 50.4 Å². The van der Waals surface area contributed by atoms with Crippen molar-refractivity contribution in [1.82, 2.24) is 4.90 Å². The average Bonchev–Trinajstić information content (AvgIpc) is 2.91. The number of nitrogens with zero attached hydrogens (tertiary/aromatic N) is 1. The first kappa shape index (κ1) is 16.0. The van der Waals surface area contributed by atoms with Crippen molar-refractivity contribution >= 4 is 17.5 Å². The van der Waals surface area contributed by atoms with Gasteiger partial charge in [0.05, 0.1) is 5.02 Å². The molecule has 0 saturated carbocycles. The molecular weight excluding hydrogens is 290 g/mol. The van der Waals surface area contributed by atoms with Gasteiger partial charge in [-0.1, -0.05) is 31.4 Å². The van der Waals surface area contributed by atoms with Gasteiger partial charge in [0.15, 0.2) is 11.5 Å². The lowest BCUT2D eigenvalue weighted by atomic mass is 10.1. The van der Waals surface area contributed by atoms with E-state index < -0.39 is 0 Å². The quantitative estimate of drug-likeness (QED) is 0.742. The number of ether oxygens (including phenoxy) is 2. The molecule has 1 amide bonds. The second-order valence-electron chi connectivity index (χ2n) is 5.49. The van der Waals surface area contributed by atoms with Crippen LogP contribution in [0, 0.1) is 0 Å². The maximum Gasteiger partial charge on any atom is 0.254 e. The van der Waals surface area contributed by atoms with E-state index in [1.807, 2.05) is 18.7 Å². The zero-order valence-electron chi connectivity index (χ0n) is 12.8. The van der Waals surface area contributed by atoms with Gasteiger partial charge in [0.1, 0.15) is 0 Å².